The lowest BCUT2D eigenvalue weighted by Gasteiger charge is -2.27. The fourth-order valence-corrected chi connectivity index (χ4v) is 2.85. The van der Waals surface area contributed by atoms with Crippen LogP contribution < -0.4 is 5.32 Å². The lowest BCUT2D eigenvalue weighted by atomic mass is 9.89. The van der Waals surface area contributed by atoms with Gasteiger partial charge in [0.2, 0.25) is 0 Å². The number of benzene rings is 1. The molecule has 19 heavy (non-hydrogen) atoms. The van der Waals surface area contributed by atoms with Gasteiger partial charge in [-0.2, -0.15) is 0 Å². The highest BCUT2D eigenvalue weighted by Gasteiger charge is 2.19. The Bertz CT molecular complexity index is 365. The van der Waals surface area contributed by atoms with E-state index in [2.05, 4.69) is 50.5 Å². The number of rotatable bonds is 5. The Balaban J connectivity index is 1.99. The molecule has 1 aliphatic heterocycles. The molecule has 2 rings (SSSR count). The second-order valence-electron chi connectivity index (χ2n) is 5.95. The monoisotopic (exact) mass is 261 g/mol. The first-order valence-corrected chi connectivity index (χ1v) is 7.55. The van der Waals surface area contributed by atoms with E-state index < -0.39 is 0 Å². The van der Waals surface area contributed by atoms with Crippen LogP contribution in [-0.2, 0) is 4.74 Å². The van der Waals surface area contributed by atoms with Gasteiger partial charge in [0.15, 0.2) is 0 Å². The van der Waals surface area contributed by atoms with E-state index in [0.29, 0.717) is 12.0 Å². The van der Waals surface area contributed by atoms with Crippen LogP contribution in [0.3, 0.4) is 0 Å². The molecule has 1 N–H and O–H groups in total. The molecule has 1 aromatic carbocycles. The van der Waals surface area contributed by atoms with Crippen molar-refractivity contribution in [2.24, 2.45) is 5.92 Å². The second kappa shape index (κ2) is 7.06. The van der Waals surface area contributed by atoms with Crippen LogP contribution in [0.1, 0.15) is 56.2 Å². The first-order chi connectivity index (χ1) is 9.20. The highest BCUT2D eigenvalue weighted by molar-refractivity contribution is 5.26. The Morgan fingerprint density at radius 1 is 1.11 bits per heavy atom. The van der Waals surface area contributed by atoms with Gasteiger partial charge in [0.25, 0.3) is 0 Å². The first kappa shape index (κ1) is 14.5. The maximum atomic E-state index is 5.44. The van der Waals surface area contributed by atoms with Crippen molar-refractivity contribution in [2.75, 3.05) is 20.3 Å². The maximum absolute atomic E-state index is 5.44. The van der Waals surface area contributed by atoms with Gasteiger partial charge in [-0.15, -0.1) is 0 Å². The molecule has 0 aromatic heterocycles. The van der Waals surface area contributed by atoms with E-state index in [0.717, 1.165) is 19.1 Å². The van der Waals surface area contributed by atoms with Crippen molar-refractivity contribution in [1.82, 2.24) is 5.32 Å². The molecule has 1 aromatic rings. The minimum atomic E-state index is 0.476. The fraction of sp³-hybridized carbons (Fsp3) is 0.647. The molecule has 1 fully saturated rings. The molecular formula is C17H27NO. The van der Waals surface area contributed by atoms with Crippen molar-refractivity contribution in [3.63, 3.8) is 0 Å². The van der Waals surface area contributed by atoms with Crippen molar-refractivity contribution in [3.8, 4) is 0 Å². The summed E-state index contributed by atoms with van der Waals surface area (Å²) in [5, 5.41) is 3.47. The van der Waals surface area contributed by atoms with Gasteiger partial charge in [-0.25, -0.2) is 0 Å². The number of hydrogen-bond donors (Lipinski definition) is 1. The second-order valence-corrected chi connectivity index (χ2v) is 5.95. The summed E-state index contributed by atoms with van der Waals surface area (Å²) < 4.78 is 5.44. The quantitative estimate of drug-likeness (QED) is 0.868. The van der Waals surface area contributed by atoms with E-state index in [1.807, 2.05) is 0 Å². The third-order valence-electron chi connectivity index (χ3n) is 4.26. The molecule has 0 aliphatic carbocycles. The summed E-state index contributed by atoms with van der Waals surface area (Å²) in [4.78, 5) is 0. The predicted octanol–water partition coefficient (Wildman–Crippen LogP) is 3.89. The average molecular weight is 261 g/mol. The van der Waals surface area contributed by atoms with Crippen molar-refractivity contribution < 1.29 is 4.74 Å². The molecule has 1 aliphatic rings. The van der Waals surface area contributed by atoms with Crippen molar-refractivity contribution in [3.05, 3.63) is 35.4 Å². The molecule has 0 spiro atoms. The lowest BCUT2D eigenvalue weighted by molar-refractivity contribution is 0.0608. The van der Waals surface area contributed by atoms with E-state index in [1.54, 1.807) is 0 Å². The average Bonchev–Trinajstić information content (AvgIpc) is 2.46. The standard InChI is InChI=1S/C17H27NO/c1-13(2)15-4-6-16(7-5-15)17(18-3)12-14-8-10-19-11-9-14/h4-7,13-14,17-18H,8-12H2,1-3H3. The Morgan fingerprint density at radius 3 is 2.21 bits per heavy atom. The predicted molar refractivity (Wildman–Crippen MR) is 80.5 cm³/mol. The third-order valence-corrected chi connectivity index (χ3v) is 4.26. The number of ether oxygens (including phenoxy) is 1. The zero-order valence-corrected chi connectivity index (χ0v) is 12.5. The molecule has 106 valence electrons. The summed E-state index contributed by atoms with van der Waals surface area (Å²) in [6.45, 7) is 6.36. The Morgan fingerprint density at radius 2 is 1.68 bits per heavy atom. The fourth-order valence-electron chi connectivity index (χ4n) is 2.85. The summed E-state index contributed by atoms with van der Waals surface area (Å²) in [5.41, 5.74) is 2.84. The van der Waals surface area contributed by atoms with Crippen LogP contribution in [0, 0.1) is 5.92 Å². The van der Waals surface area contributed by atoms with Crippen LogP contribution in [0.5, 0.6) is 0 Å². The van der Waals surface area contributed by atoms with E-state index in [9.17, 15) is 0 Å². The SMILES string of the molecule is CNC(CC1CCOCC1)c1ccc(C(C)C)cc1. The summed E-state index contributed by atoms with van der Waals surface area (Å²) in [6, 6.07) is 9.60. The van der Waals surface area contributed by atoms with Gasteiger partial charge in [0.05, 0.1) is 0 Å². The van der Waals surface area contributed by atoms with Crippen molar-refractivity contribution in [2.45, 2.75) is 45.1 Å². The van der Waals surface area contributed by atoms with Gasteiger partial charge in [-0.1, -0.05) is 38.1 Å². The molecule has 1 saturated heterocycles. The molecule has 0 radical (unpaired) electrons. The zero-order valence-electron chi connectivity index (χ0n) is 12.5. The van der Waals surface area contributed by atoms with Crippen LogP contribution >= 0.6 is 0 Å². The minimum absolute atomic E-state index is 0.476. The van der Waals surface area contributed by atoms with E-state index in [1.165, 1.54) is 30.4 Å². The first-order valence-electron chi connectivity index (χ1n) is 7.55. The van der Waals surface area contributed by atoms with Gasteiger partial charge >= 0.3 is 0 Å². The summed E-state index contributed by atoms with van der Waals surface area (Å²) >= 11 is 0. The third kappa shape index (κ3) is 4.05. The van der Waals surface area contributed by atoms with E-state index in [-0.39, 0.29) is 0 Å². The maximum Gasteiger partial charge on any atom is 0.0468 e. The lowest BCUT2D eigenvalue weighted by Crippen LogP contribution is -2.23. The molecule has 2 nitrogen and oxygen atoms in total. The Hall–Kier alpha value is -0.860. The van der Waals surface area contributed by atoms with Crippen molar-refractivity contribution >= 4 is 0 Å². The Labute approximate surface area is 117 Å². The van der Waals surface area contributed by atoms with Gasteiger partial charge in [-0.05, 0) is 49.3 Å². The van der Waals surface area contributed by atoms with Gasteiger partial charge in [0, 0.05) is 19.3 Å². The number of hydrogen-bond acceptors (Lipinski definition) is 2. The summed E-state index contributed by atoms with van der Waals surface area (Å²) in [6.07, 6.45) is 3.64. The molecular weight excluding hydrogens is 234 g/mol. The van der Waals surface area contributed by atoms with E-state index in [4.69, 9.17) is 4.74 Å². The van der Waals surface area contributed by atoms with Gasteiger partial charge < -0.3 is 10.1 Å². The normalized spacial score (nSPS) is 18.7. The molecule has 0 amide bonds. The summed E-state index contributed by atoms with van der Waals surface area (Å²) in [5.74, 6) is 1.41. The van der Waals surface area contributed by atoms with Gasteiger partial charge in [-0.3, -0.25) is 0 Å². The van der Waals surface area contributed by atoms with Crippen LogP contribution in [0.4, 0.5) is 0 Å². The van der Waals surface area contributed by atoms with Crippen LogP contribution in [0.2, 0.25) is 0 Å². The zero-order chi connectivity index (χ0) is 13.7. The highest BCUT2D eigenvalue weighted by Crippen LogP contribution is 2.28. The minimum Gasteiger partial charge on any atom is -0.381 e. The Kier molecular flexibility index (Phi) is 5.41. The summed E-state index contributed by atoms with van der Waals surface area (Å²) in [7, 11) is 2.07. The molecule has 0 bridgehead atoms. The van der Waals surface area contributed by atoms with Crippen LogP contribution in [-0.4, -0.2) is 20.3 Å². The number of nitrogens with one attached hydrogen (secondary N) is 1. The van der Waals surface area contributed by atoms with Crippen molar-refractivity contribution in [1.29, 1.82) is 0 Å². The van der Waals surface area contributed by atoms with Crippen LogP contribution in [0.25, 0.3) is 0 Å². The largest absolute Gasteiger partial charge is 0.381 e. The smallest absolute Gasteiger partial charge is 0.0468 e. The molecule has 1 atom stereocenters. The molecule has 0 saturated carbocycles. The van der Waals surface area contributed by atoms with Crippen LogP contribution in [0.15, 0.2) is 24.3 Å². The molecule has 1 heterocycles. The molecule has 1 unspecified atom stereocenters. The topological polar surface area (TPSA) is 21.3 Å². The van der Waals surface area contributed by atoms with Gasteiger partial charge in [0.1, 0.15) is 0 Å². The van der Waals surface area contributed by atoms with E-state index >= 15 is 0 Å². The molecule has 2 heteroatoms. The highest BCUT2D eigenvalue weighted by atomic mass is 16.5.